The molecule has 7 nitrogen and oxygen atoms in total. The molecule has 1 aromatic rings. The van der Waals surface area contributed by atoms with Gasteiger partial charge in [0.1, 0.15) is 17.2 Å². The number of hydrogen-bond acceptors (Lipinski definition) is 5. The van der Waals surface area contributed by atoms with Crippen molar-refractivity contribution in [3.8, 4) is 11.5 Å². The normalized spacial score (nSPS) is 13.6. The van der Waals surface area contributed by atoms with Crippen LogP contribution in [-0.4, -0.2) is 21.8 Å². The first-order chi connectivity index (χ1) is 9.43. The van der Waals surface area contributed by atoms with Crippen molar-refractivity contribution in [2.45, 2.75) is 13.3 Å². The summed E-state index contributed by atoms with van der Waals surface area (Å²) in [5.41, 5.74) is 7.35. The van der Waals surface area contributed by atoms with Crippen LogP contribution in [0.1, 0.15) is 34.1 Å². The summed E-state index contributed by atoms with van der Waals surface area (Å²) in [7, 11) is 0. The lowest BCUT2D eigenvalue weighted by Crippen LogP contribution is -2.17. The molecule has 0 unspecified atom stereocenters. The quantitative estimate of drug-likeness (QED) is 0.375. The maximum absolute atomic E-state index is 12.2. The largest absolute Gasteiger partial charge is 0.507 e. The summed E-state index contributed by atoms with van der Waals surface area (Å²) in [6, 6.07) is 0. The van der Waals surface area contributed by atoms with Crippen LogP contribution in [0.3, 0.4) is 0 Å². The van der Waals surface area contributed by atoms with Gasteiger partial charge in [0.05, 0.1) is 16.1 Å². The minimum Gasteiger partial charge on any atom is -0.507 e. The Kier molecular flexibility index (Phi) is 3.40. The van der Waals surface area contributed by atoms with E-state index in [-0.39, 0.29) is 17.6 Å². The number of benzene rings is 1. The number of Topliss-reactive ketones (excluding diaryl/α,β-unsaturated/α-hetero) is 1. The van der Waals surface area contributed by atoms with E-state index in [1.165, 1.54) is 0 Å². The first-order valence-corrected chi connectivity index (χ1v) is 5.93. The van der Waals surface area contributed by atoms with Gasteiger partial charge in [-0.25, -0.2) is 0 Å². The molecule has 0 bridgehead atoms. The molecular formula is C12H8ClN3O4. The van der Waals surface area contributed by atoms with E-state index in [0.717, 1.165) is 6.08 Å². The van der Waals surface area contributed by atoms with Gasteiger partial charge < -0.3 is 10.2 Å². The minimum atomic E-state index is -0.710. The second-order valence-electron chi connectivity index (χ2n) is 4.02. The highest BCUT2D eigenvalue weighted by molar-refractivity contribution is 6.37. The molecule has 0 aliphatic heterocycles. The molecule has 2 rings (SSSR count). The average molecular weight is 294 g/mol. The molecule has 1 aliphatic rings. The summed E-state index contributed by atoms with van der Waals surface area (Å²) in [4.78, 5) is 26.6. The Morgan fingerprint density at radius 3 is 2.50 bits per heavy atom. The van der Waals surface area contributed by atoms with Crippen LogP contribution in [0.15, 0.2) is 16.8 Å². The van der Waals surface area contributed by atoms with Gasteiger partial charge in [-0.15, -0.1) is 0 Å². The lowest BCUT2D eigenvalue weighted by molar-refractivity contribution is 0.0977. The second-order valence-corrected chi connectivity index (χ2v) is 4.39. The van der Waals surface area contributed by atoms with E-state index in [0.29, 0.717) is 0 Å². The number of carbonyl (C=O) groups is 2. The van der Waals surface area contributed by atoms with E-state index in [1.54, 1.807) is 6.92 Å². The van der Waals surface area contributed by atoms with Crippen molar-refractivity contribution in [3.05, 3.63) is 38.2 Å². The third kappa shape index (κ3) is 1.80. The number of aromatic hydroxyl groups is 2. The molecule has 0 amide bonds. The SMILES string of the molecule is CCC1=CC(=O)c2c(O)c(Cl)c(N=[N+]=[N-])c(O)c2C1=O. The lowest BCUT2D eigenvalue weighted by atomic mass is 9.86. The number of ketones is 2. The third-order valence-corrected chi connectivity index (χ3v) is 3.32. The van der Waals surface area contributed by atoms with Gasteiger partial charge in [0.2, 0.25) is 0 Å². The van der Waals surface area contributed by atoms with Crippen molar-refractivity contribution in [2.75, 3.05) is 0 Å². The van der Waals surface area contributed by atoms with Crippen LogP contribution in [0.25, 0.3) is 10.4 Å². The summed E-state index contributed by atoms with van der Waals surface area (Å²) in [5, 5.41) is 22.6. The monoisotopic (exact) mass is 293 g/mol. The molecule has 2 N–H and O–H groups in total. The Labute approximate surface area is 117 Å². The van der Waals surface area contributed by atoms with Crippen molar-refractivity contribution in [1.82, 2.24) is 0 Å². The maximum Gasteiger partial charge on any atom is 0.193 e. The van der Waals surface area contributed by atoms with Crippen LogP contribution in [0, 0.1) is 0 Å². The number of carbonyl (C=O) groups excluding carboxylic acids is 2. The number of phenolic OH excluding ortho intramolecular Hbond substituents is 2. The van der Waals surface area contributed by atoms with E-state index in [9.17, 15) is 19.8 Å². The smallest absolute Gasteiger partial charge is 0.193 e. The van der Waals surface area contributed by atoms with E-state index < -0.39 is 39.3 Å². The molecule has 0 spiro atoms. The molecular weight excluding hydrogens is 286 g/mol. The van der Waals surface area contributed by atoms with Crippen LogP contribution in [0.2, 0.25) is 5.02 Å². The van der Waals surface area contributed by atoms with Gasteiger partial charge in [0.15, 0.2) is 11.6 Å². The molecule has 0 atom stereocenters. The van der Waals surface area contributed by atoms with E-state index in [1.807, 2.05) is 0 Å². The number of azide groups is 1. The Morgan fingerprint density at radius 2 is 1.95 bits per heavy atom. The minimum absolute atomic E-state index is 0.186. The molecule has 20 heavy (non-hydrogen) atoms. The lowest BCUT2D eigenvalue weighted by Gasteiger charge is -2.18. The van der Waals surface area contributed by atoms with Crippen molar-refractivity contribution < 1.29 is 19.8 Å². The van der Waals surface area contributed by atoms with Crippen LogP contribution < -0.4 is 0 Å². The zero-order valence-electron chi connectivity index (χ0n) is 10.2. The molecule has 0 fully saturated rings. The summed E-state index contributed by atoms with van der Waals surface area (Å²) >= 11 is 5.74. The molecule has 0 radical (unpaired) electrons. The number of halogens is 1. The van der Waals surface area contributed by atoms with Gasteiger partial charge in [-0.05, 0) is 18.0 Å². The standard InChI is InChI=1S/C12H8ClN3O4/c1-2-4-3-5(17)6-7(10(4)18)12(20)9(15-16-14)8(13)11(6)19/h3,19-20H,2H2,1H3. The number of phenols is 2. The molecule has 0 heterocycles. The van der Waals surface area contributed by atoms with Crippen LogP contribution in [0.5, 0.6) is 11.5 Å². The third-order valence-electron chi connectivity index (χ3n) is 2.96. The van der Waals surface area contributed by atoms with Gasteiger partial charge in [0, 0.05) is 10.5 Å². The van der Waals surface area contributed by atoms with E-state index in [4.69, 9.17) is 17.1 Å². The fourth-order valence-corrected chi connectivity index (χ4v) is 2.22. The fraction of sp³-hybridized carbons (Fsp3) is 0.167. The Morgan fingerprint density at radius 1 is 1.30 bits per heavy atom. The highest BCUT2D eigenvalue weighted by Gasteiger charge is 2.34. The van der Waals surface area contributed by atoms with Crippen molar-refractivity contribution in [3.63, 3.8) is 0 Å². The summed E-state index contributed by atoms with van der Waals surface area (Å²) in [6.07, 6.45) is 1.37. The number of allylic oxidation sites excluding steroid dienone is 2. The van der Waals surface area contributed by atoms with Crippen LogP contribution in [0.4, 0.5) is 5.69 Å². The van der Waals surface area contributed by atoms with Crippen molar-refractivity contribution >= 4 is 28.9 Å². The first kappa shape index (κ1) is 13.9. The summed E-state index contributed by atoms with van der Waals surface area (Å²) in [6.45, 7) is 1.67. The highest BCUT2D eigenvalue weighted by atomic mass is 35.5. The van der Waals surface area contributed by atoms with Gasteiger partial charge in [-0.2, -0.15) is 0 Å². The number of fused-ring (bicyclic) bond motifs is 1. The molecule has 102 valence electrons. The highest BCUT2D eigenvalue weighted by Crippen LogP contribution is 2.48. The Bertz CT molecular complexity index is 733. The molecule has 0 aromatic heterocycles. The van der Waals surface area contributed by atoms with Crippen molar-refractivity contribution in [1.29, 1.82) is 0 Å². The number of nitrogens with zero attached hydrogens (tertiary/aromatic N) is 3. The molecule has 1 aromatic carbocycles. The van der Waals surface area contributed by atoms with E-state index in [2.05, 4.69) is 10.0 Å². The van der Waals surface area contributed by atoms with Crippen LogP contribution >= 0.6 is 11.6 Å². The zero-order valence-corrected chi connectivity index (χ0v) is 11.0. The van der Waals surface area contributed by atoms with Crippen LogP contribution in [-0.2, 0) is 0 Å². The first-order valence-electron chi connectivity index (χ1n) is 5.56. The predicted molar refractivity (Wildman–Crippen MR) is 70.6 cm³/mol. The number of rotatable bonds is 2. The predicted octanol–water partition coefficient (Wildman–Crippen LogP) is 3.41. The second kappa shape index (κ2) is 4.88. The Balaban J connectivity index is 2.91. The summed E-state index contributed by atoms with van der Waals surface area (Å²) in [5.74, 6) is -2.65. The average Bonchev–Trinajstić information content (AvgIpc) is 2.42. The van der Waals surface area contributed by atoms with Gasteiger partial charge in [-0.3, -0.25) is 9.59 Å². The maximum atomic E-state index is 12.2. The topological polar surface area (TPSA) is 123 Å². The molecule has 8 heteroatoms. The Hall–Kier alpha value is -2.50. The van der Waals surface area contributed by atoms with Gasteiger partial charge in [0.25, 0.3) is 0 Å². The van der Waals surface area contributed by atoms with Gasteiger partial charge >= 0.3 is 0 Å². The zero-order chi connectivity index (χ0) is 15.0. The molecule has 1 aliphatic carbocycles. The molecule has 0 saturated carbocycles. The van der Waals surface area contributed by atoms with Gasteiger partial charge in [-0.1, -0.05) is 23.6 Å². The molecule has 0 saturated heterocycles. The number of hydrogen-bond donors (Lipinski definition) is 2. The summed E-state index contributed by atoms with van der Waals surface area (Å²) < 4.78 is 0. The fourth-order valence-electron chi connectivity index (χ4n) is 2.00. The van der Waals surface area contributed by atoms with Crippen molar-refractivity contribution in [2.24, 2.45) is 5.11 Å². The van der Waals surface area contributed by atoms with E-state index >= 15 is 0 Å².